The molecule has 1 heterocycles. The van der Waals surface area contributed by atoms with Gasteiger partial charge in [0.25, 0.3) is 0 Å². The molecule has 0 aromatic heterocycles. The molecule has 1 saturated heterocycles. The lowest BCUT2D eigenvalue weighted by atomic mass is 9.98. The second-order valence-corrected chi connectivity index (χ2v) is 3.11. The highest BCUT2D eigenvalue weighted by molar-refractivity contribution is 5.60. The van der Waals surface area contributed by atoms with E-state index in [1.54, 1.807) is 6.92 Å². The second-order valence-electron chi connectivity index (χ2n) is 3.11. The molecule has 3 atom stereocenters. The average Bonchev–Trinajstić information content (AvgIpc) is 2.62. The van der Waals surface area contributed by atoms with Crippen LogP contribution >= 0.6 is 0 Å². The van der Waals surface area contributed by atoms with E-state index < -0.39 is 11.7 Å². The molecular weight excluding hydrogens is 144 g/mol. The molecule has 0 amide bonds. The maximum atomic E-state index is 10.2. The van der Waals surface area contributed by atoms with Gasteiger partial charge >= 0.3 is 0 Å². The minimum atomic E-state index is -1.04. The molecule has 11 heavy (non-hydrogen) atoms. The summed E-state index contributed by atoms with van der Waals surface area (Å²) in [5.41, 5.74) is 0.126. The molecule has 3 unspecified atom stereocenters. The average molecular weight is 156 g/mol. The Morgan fingerprint density at radius 3 is 2.73 bits per heavy atom. The summed E-state index contributed by atoms with van der Waals surface area (Å²) in [6.07, 6.45) is -0.713. The smallest absolute Gasteiger partial charge is 0.151 e. The molecule has 0 aliphatic carbocycles. The van der Waals surface area contributed by atoms with Crippen LogP contribution in [-0.2, 0) is 9.53 Å². The van der Waals surface area contributed by atoms with Crippen LogP contribution in [0, 0.1) is 0 Å². The minimum absolute atomic E-state index is 0.164. The van der Waals surface area contributed by atoms with Crippen molar-refractivity contribution in [3.05, 3.63) is 12.2 Å². The maximum absolute atomic E-state index is 10.2. The highest BCUT2D eigenvalue weighted by Gasteiger charge is 2.57. The third-order valence-corrected chi connectivity index (χ3v) is 2.00. The van der Waals surface area contributed by atoms with E-state index in [0.29, 0.717) is 6.29 Å². The molecule has 3 heteroatoms. The SMILES string of the molecule is C=C(C)C1OC1(C)C(O)C=O. The van der Waals surface area contributed by atoms with Gasteiger partial charge in [-0.15, -0.1) is 0 Å². The van der Waals surface area contributed by atoms with Gasteiger partial charge in [-0.3, -0.25) is 0 Å². The van der Waals surface area contributed by atoms with Crippen molar-refractivity contribution in [1.82, 2.24) is 0 Å². The summed E-state index contributed by atoms with van der Waals surface area (Å²) in [4.78, 5) is 10.2. The molecule has 0 aromatic carbocycles. The third kappa shape index (κ3) is 1.21. The Bertz CT molecular complexity index is 200. The molecule has 1 aliphatic rings. The highest BCUT2D eigenvalue weighted by Crippen LogP contribution is 2.42. The van der Waals surface area contributed by atoms with Crippen LogP contribution in [0.4, 0.5) is 0 Å². The molecule has 1 aliphatic heterocycles. The molecule has 0 spiro atoms. The van der Waals surface area contributed by atoms with Crippen LogP contribution < -0.4 is 0 Å². The first-order valence-corrected chi connectivity index (χ1v) is 3.49. The number of aliphatic hydroxyl groups is 1. The lowest BCUT2D eigenvalue weighted by Gasteiger charge is -2.07. The molecule has 3 nitrogen and oxygen atoms in total. The fourth-order valence-electron chi connectivity index (χ4n) is 1.17. The molecular formula is C8H12O3. The fourth-order valence-corrected chi connectivity index (χ4v) is 1.17. The summed E-state index contributed by atoms with van der Waals surface area (Å²) in [6.45, 7) is 7.19. The number of hydrogen-bond acceptors (Lipinski definition) is 3. The minimum Gasteiger partial charge on any atom is -0.382 e. The van der Waals surface area contributed by atoms with Crippen molar-refractivity contribution in [2.45, 2.75) is 31.7 Å². The van der Waals surface area contributed by atoms with Crippen molar-refractivity contribution >= 4 is 6.29 Å². The van der Waals surface area contributed by atoms with E-state index in [4.69, 9.17) is 9.84 Å². The predicted molar refractivity (Wildman–Crippen MR) is 40.2 cm³/mol. The van der Waals surface area contributed by atoms with Gasteiger partial charge in [-0.25, -0.2) is 0 Å². The zero-order valence-electron chi connectivity index (χ0n) is 6.70. The Hall–Kier alpha value is -0.670. The Kier molecular flexibility index (Phi) is 1.86. The van der Waals surface area contributed by atoms with Crippen LogP contribution in [0.15, 0.2) is 12.2 Å². The van der Waals surface area contributed by atoms with E-state index in [0.717, 1.165) is 5.57 Å². The zero-order chi connectivity index (χ0) is 8.65. The first kappa shape index (κ1) is 8.43. The Labute approximate surface area is 65.7 Å². The number of rotatable bonds is 3. The lowest BCUT2D eigenvalue weighted by molar-refractivity contribution is -0.117. The number of hydrogen-bond donors (Lipinski definition) is 1. The van der Waals surface area contributed by atoms with Crippen LogP contribution in [0.5, 0.6) is 0 Å². The van der Waals surface area contributed by atoms with Crippen LogP contribution in [0.1, 0.15) is 13.8 Å². The van der Waals surface area contributed by atoms with Gasteiger partial charge in [0, 0.05) is 0 Å². The molecule has 0 saturated carbocycles. The predicted octanol–water partition coefficient (Wildman–Crippen LogP) is 0.280. The van der Waals surface area contributed by atoms with E-state index >= 15 is 0 Å². The van der Waals surface area contributed by atoms with Gasteiger partial charge in [0.05, 0.1) is 0 Å². The summed E-state index contributed by atoms with van der Waals surface area (Å²) in [7, 11) is 0. The molecule has 62 valence electrons. The highest BCUT2D eigenvalue weighted by atomic mass is 16.6. The van der Waals surface area contributed by atoms with Crippen molar-refractivity contribution in [2.75, 3.05) is 0 Å². The number of epoxide rings is 1. The van der Waals surface area contributed by atoms with Gasteiger partial charge in [0.2, 0.25) is 0 Å². The molecule has 1 fully saturated rings. The van der Waals surface area contributed by atoms with E-state index in [2.05, 4.69) is 6.58 Å². The summed E-state index contributed by atoms with van der Waals surface area (Å²) >= 11 is 0. The molecule has 0 aromatic rings. The van der Waals surface area contributed by atoms with Gasteiger partial charge < -0.3 is 14.6 Å². The van der Waals surface area contributed by atoms with Gasteiger partial charge in [0.1, 0.15) is 17.8 Å². The molecule has 1 rings (SSSR count). The molecule has 1 N–H and O–H groups in total. The summed E-state index contributed by atoms with van der Waals surface area (Å²) in [6, 6.07) is 0. The fraction of sp³-hybridized carbons (Fsp3) is 0.625. The maximum Gasteiger partial charge on any atom is 0.151 e. The Balaban J connectivity index is 2.61. The standard InChI is InChI=1S/C8H12O3/c1-5(2)7-8(3,11-7)6(10)4-9/h4,6-7,10H,1H2,2-3H3. The van der Waals surface area contributed by atoms with Gasteiger partial charge in [-0.05, 0) is 19.4 Å². The summed E-state index contributed by atoms with van der Waals surface area (Å²) in [5.74, 6) is 0. The number of carbonyl (C=O) groups is 1. The zero-order valence-corrected chi connectivity index (χ0v) is 6.70. The van der Waals surface area contributed by atoms with Crippen LogP contribution in [0.2, 0.25) is 0 Å². The van der Waals surface area contributed by atoms with E-state index in [1.807, 2.05) is 6.92 Å². The van der Waals surface area contributed by atoms with Gasteiger partial charge in [-0.1, -0.05) is 6.58 Å². The number of carbonyl (C=O) groups excluding carboxylic acids is 1. The van der Waals surface area contributed by atoms with Crippen LogP contribution in [0.3, 0.4) is 0 Å². The number of aliphatic hydroxyl groups excluding tert-OH is 1. The van der Waals surface area contributed by atoms with E-state index in [9.17, 15) is 4.79 Å². The normalized spacial score (nSPS) is 37.9. The topological polar surface area (TPSA) is 49.8 Å². The number of ether oxygens (including phenoxy) is 1. The summed E-state index contributed by atoms with van der Waals surface area (Å²) < 4.78 is 5.14. The van der Waals surface area contributed by atoms with Crippen LogP contribution in [0.25, 0.3) is 0 Å². The van der Waals surface area contributed by atoms with Crippen molar-refractivity contribution in [3.63, 3.8) is 0 Å². The van der Waals surface area contributed by atoms with E-state index in [-0.39, 0.29) is 6.10 Å². The molecule has 0 radical (unpaired) electrons. The largest absolute Gasteiger partial charge is 0.382 e. The first-order chi connectivity index (χ1) is 5.02. The second kappa shape index (κ2) is 2.43. The van der Waals surface area contributed by atoms with E-state index in [1.165, 1.54) is 0 Å². The quantitative estimate of drug-likeness (QED) is 0.363. The van der Waals surface area contributed by atoms with Crippen molar-refractivity contribution in [1.29, 1.82) is 0 Å². The van der Waals surface area contributed by atoms with Crippen molar-refractivity contribution < 1.29 is 14.6 Å². The number of aldehydes is 1. The van der Waals surface area contributed by atoms with Crippen molar-refractivity contribution in [3.8, 4) is 0 Å². The van der Waals surface area contributed by atoms with Gasteiger partial charge in [0.15, 0.2) is 6.29 Å². The lowest BCUT2D eigenvalue weighted by Crippen LogP contribution is -2.30. The van der Waals surface area contributed by atoms with Crippen molar-refractivity contribution in [2.24, 2.45) is 0 Å². The molecule has 0 bridgehead atoms. The third-order valence-electron chi connectivity index (χ3n) is 2.00. The summed E-state index contributed by atoms with van der Waals surface area (Å²) in [5, 5.41) is 9.14. The van der Waals surface area contributed by atoms with Gasteiger partial charge in [-0.2, -0.15) is 0 Å². The Morgan fingerprint density at radius 2 is 2.45 bits per heavy atom. The monoisotopic (exact) mass is 156 g/mol. The van der Waals surface area contributed by atoms with Crippen LogP contribution in [-0.4, -0.2) is 29.2 Å². The first-order valence-electron chi connectivity index (χ1n) is 3.49. The Morgan fingerprint density at radius 1 is 1.91 bits per heavy atom.